The van der Waals surface area contributed by atoms with E-state index in [4.69, 9.17) is 4.42 Å². The first-order valence-corrected chi connectivity index (χ1v) is 4.13. The molecular weight excluding hydrogens is 207 g/mol. The highest BCUT2D eigenvalue weighted by atomic mass is 19.4. The Morgan fingerprint density at radius 2 is 1.73 bits per heavy atom. The van der Waals surface area contributed by atoms with E-state index in [1.807, 2.05) is 0 Å². The van der Waals surface area contributed by atoms with Crippen molar-refractivity contribution in [2.75, 3.05) is 0 Å². The maximum atomic E-state index is 12.2. The van der Waals surface area contributed by atoms with Crippen molar-refractivity contribution in [1.82, 2.24) is 4.98 Å². The van der Waals surface area contributed by atoms with Gasteiger partial charge < -0.3 is 4.42 Å². The molecule has 0 spiro atoms. The Morgan fingerprint density at radius 1 is 1.07 bits per heavy atom. The van der Waals surface area contributed by atoms with E-state index in [2.05, 4.69) is 4.98 Å². The van der Waals surface area contributed by atoms with Gasteiger partial charge in [0, 0.05) is 5.56 Å². The fourth-order valence-electron chi connectivity index (χ4n) is 1.18. The van der Waals surface area contributed by atoms with Gasteiger partial charge in [0.05, 0.1) is 11.8 Å². The number of oxazole rings is 1. The molecule has 0 radical (unpaired) electrons. The van der Waals surface area contributed by atoms with Crippen LogP contribution in [0.5, 0.6) is 0 Å². The van der Waals surface area contributed by atoms with Gasteiger partial charge >= 0.3 is 6.18 Å². The highest BCUT2D eigenvalue weighted by molar-refractivity contribution is 5.56. The number of alkyl halides is 3. The first kappa shape index (κ1) is 9.76. The summed E-state index contributed by atoms with van der Waals surface area (Å²) in [5, 5.41) is 0. The standard InChI is InChI=1S/C10H6F3NO/c11-10(12,13)8-3-1-7(2-4-8)9-5-14-6-15-9/h1-6H. The zero-order chi connectivity index (χ0) is 10.9. The minimum absolute atomic E-state index is 0.448. The van der Waals surface area contributed by atoms with E-state index >= 15 is 0 Å². The third-order valence-electron chi connectivity index (χ3n) is 1.93. The number of halogens is 3. The molecule has 1 aromatic heterocycles. The first-order valence-electron chi connectivity index (χ1n) is 4.13. The second-order valence-electron chi connectivity index (χ2n) is 2.94. The van der Waals surface area contributed by atoms with Crippen LogP contribution in [0, 0.1) is 0 Å². The molecule has 1 heterocycles. The molecule has 0 bridgehead atoms. The molecule has 0 amide bonds. The second-order valence-corrected chi connectivity index (χ2v) is 2.94. The van der Waals surface area contributed by atoms with Crippen LogP contribution in [0.25, 0.3) is 11.3 Å². The molecule has 0 atom stereocenters. The lowest BCUT2D eigenvalue weighted by molar-refractivity contribution is -0.137. The number of benzene rings is 1. The van der Waals surface area contributed by atoms with E-state index < -0.39 is 11.7 Å². The predicted molar refractivity (Wildman–Crippen MR) is 46.9 cm³/mol. The molecule has 0 saturated heterocycles. The Morgan fingerprint density at radius 3 is 2.20 bits per heavy atom. The fourth-order valence-corrected chi connectivity index (χ4v) is 1.18. The Labute approximate surface area is 83.4 Å². The van der Waals surface area contributed by atoms with E-state index in [-0.39, 0.29) is 0 Å². The van der Waals surface area contributed by atoms with Gasteiger partial charge in [0.2, 0.25) is 0 Å². The Kier molecular flexibility index (Phi) is 2.22. The van der Waals surface area contributed by atoms with Gasteiger partial charge in [-0.2, -0.15) is 13.2 Å². The molecule has 2 rings (SSSR count). The molecule has 0 aliphatic heterocycles. The van der Waals surface area contributed by atoms with E-state index in [0.717, 1.165) is 12.1 Å². The van der Waals surface area contributed by atoms with Crippen LogP contribution in [0.4, 0.5) is 13.2 Å². The van der Waals surface area contributed by atoms with Gasteiger partial charge in [0.25, 0.3) is 0 Å². The Balaban J connectivity index is 2.33. The van der Waals surface area contributed by atoms with Gasteiger partial charge in [-0.05, 0) is 12.1 Å². The smallest absolute Gasteiger partial charge is 0.416 e. The molecule has 0 aliphatic carbocycles. The number of hydrogen-bond donors (Lipinski definition) is 0. The molecular formula is C10H6F3NO. The molecule has 0 aliphatic rings. The molecule has 0 saturated carbocycles. The van der Waals surface area contributed by atoms with Gasteiger partial charge in [-0.3, -0.25) is 0 Å². The summed E-state index contributed by atoms with van der Waals surface area (Å²) in [6.45, 7) is 0. The van der Waals surface area contributed by atoms with Crippen molar-refractivity contribution in [3.63, 3.8) is 0 Å². The summed E-state index contributed by atoms with van der Waals surface area (Å²) in [4.78, 5) is 3.68. The van der Waals surface area contributed by atoms with Crippen molar-refractivity contribution in [1.29, 1.82) is 0 Å². The lowest BCUT2D eigenvalue weighted by atomic mass is 10.1. The monoisotopic (exact) mass is 213 g/mol. The van der Waals surface area contributed by atoms with Crippen LogP contribution in [0.3, 0.4) is 0 Å². The van der Waals surface area contributed by atoms with Gasteiger partial charge in [0.15, 0.2) is 12.2 Å². The Bertz CT molecular complexity index is 431. The number of rotatable bonds is 1. The van der Waals surface area contributed by atoms with E-state index in [1.54, 1.807) is 0 Å². The van der Waals surface area contributed by atoms with E-state index in [0.29, 0.717) is 11.3 Å². The molecule has 1 aromatic carbocycles. The van der Waals surface area contributed by atoms with Crippen LogP contribution in [0.1, 0.15) is 5.56 Å². The topological polar surface area (TPSA) is 26.0 Å². The highest BCUT2D eigenvalue weighted by Crippen LogP contribution is 2.30. The lowest BCUT2D eigenvalue weighted by Crippen LogP contribution is -2.03. The first-order chi connectivity index (χ1) is 7.07. The molecule has 2 nitrogen and oxygen atoms in total. The minimum Gasteiger partial charge on any atom is -0.444 e. The average Bonchev–Trinajstić information content (AvgIpc) is 2.69. The summed E-state index contributed by atoms with van der Waals surface area (Å²) in [6, 6.07) is 4.72. The molecule has 15 heavy (non-hydrogen) atoms. The number of aromatic nitrogens is 1. The predicted octanol–water partition coefficient (Wildman–Crippen LogP) is 3.36. The molecule has 0 fully saturated rings. The molecule has 5 heteroatoms. The van der Waals surface area contributed by atoms with E-state index in [9.17, 15) is 13.2 Å². The minimum atomic E-state index is -4.31. The van der Waals surface area contributed by atoms with Crippen molar-refractivity contribution < 1.29 is 17.6 Å². The molecule has 2 aromatic rings. The van der Waals surface area contributed by atoms with Crippen molar-refractivity contribution >= 4 is 0 Å². The summed E-state index contributed by atoms with van der Waals surface area (Å²) in [6.07, 6.45) is -1.63. The maximum Gasteiger partial charge on any atom is 0.416 e. The van der Waals surface area contributed by atoms with Gasteiger partial charge in [-0.15, -0.1) is 0 Å². The number of nitrogens with zero attached hydrogens (tertiary/aromatic N) is 1. The van der Waals surface area contributed by atoms with Crippen molar-refractivity contribution in [3.05, 3.63) is 42.4 Å². The molecule has 0 unspecified atom stereocenters. The summed E-state index contributed by atoms with van der Waals surface area (Å²) in [7, 11) is 0. The third kappa shape index (κ3) is 2.01. The zero-order valence-corrected chi connectivity index (χ0v) is 7.45. The third-order valence-corrected chi connectivity index (χ3v) is 1.93. The SMILES string of the molecule is FC(F)(F)c1ccc(-c2cnco2)cc1. The number of hydrogen-bond acceptors (Lipinski definition) is 2. The van der Waals surface area contributed by atoms with Gasteiger partial charge in [-0.1, -0.05) is 12.1 Å². The van der Waals surface area contributed by atoms with Crippen LogP contribution >= 0.6 is 0 Å². The summed E-state index contributed by atoms with van der Waals surface area (Å²) in [5.41, 5.74) is -0.105. The van der Waals surface area contributed by atoms with Crippen molar-refractivity contribution in [2.24, 2.45) is 0 Å². The average molecular weight is 213 g/mol. The van der Waals surface area contributed by atoms with E-state index in [1.165, 1.54) is 24.7 Å². The van der Waals surface area contributed by atoms with Gasteiger partial charge in [-0.25, -0.2) is 4.98 Å². The van der Waals surface area contributed by atoms with Crippen LogP contribution in [0.2, 0.25) is 0 Å². The normalized spacial score (nSPS) is 11.7. The zero-order valence-electron chi connectivity index (χ0n) is 7.45. The van der Waals surface area contributed by atoms with Crippen LogP contribution in [-0.2, 0) is 6.18 Å². The fraction of sp³-hybridized carbons (Fsp3) is 0.100. The summed E-state index contributed by atoms with van der Waals surface area (Å²) < 4.78 is 41.6. The quantitative estimate of drug-likeness (QED) is 0.725. The van der Waals surface area contributed by atoms with Gasteiger partial charge in [0.1, 0.15) is 0 Å². The Hall–Kier alpha value is -1.78. The van der Waals surface area contributed by atoms with Crippen LogP contribution < -0.4 is 0 Å². The lowest BCUT2D eigenvalue weighted by Gasteiger charge is -2.06. The summed E-state index contributed by atoms with van der Waals surface area (Å²) >= 11 is 0. The largest absolute Gasteiger partial charge is 0.444 e. The molecule has 78 valence electrons. The maximum absolute atomic E-state index is 12.2. The second kappa shape index (κ2) is 3.42. The van der Waals surface area contributed by atoms with Crippen molar-refractivity contribution in [2.45, 2.75) is 6.18 Å². The highest BCUT2D eigenvalue weighted by Gasteiger charge is 2.30. The van der Waals surface area contributed by atoms with Crippen LogP contribution in [-0.4, -0.2) is 4.98 Å². The summed E-state index contributed by atoms with van der Waals surface area (Å²) in [5.74, 6) is 0.448. The van der Waals surface area contributed by atoms with Crippen LogP contribution in [0.15, 0.2) is 41.3 Å². The molecule has 0 N–H and O–H groups in total. The van der Waals surface area contributed by atoms with Crippen molar-refractivity contribution in [3.8, 4) is 11.3 Å².